The van der Waals surface area contributed by atoms with Gasteiger partial charge in [0.25, 0.3) is 0 Å². The first-order valence-electron chi connectivity index (χ1n) is 7.91. The summed E-state index contributed by atoms with van der Waals surface area (Å²) in [6.07, 6.45) is 4.84. The van der Waals surface area contributed by atoms with Crippen molar-refractivity contribution in [3.63, 3.8) is 0 Å². The van der Waals surface area contributed by atoms with E-state index in [-0.39, 0.29) is 10.7 Å². The van der Waals surface area contributed by atoms with Crippen LogP contribution < -0.4 is 5.32 Å². The van der Waals surface area contributed by atoms with Crippen molar-refractivity contribution in [3.05, 3.63) is 35.4 Å². The van der Waals surface area contributed by atoms with Crippen molar-refractivity contribution in [2.24, 2.45) is 0 Å². The summed E-state index contributed by atoms with van der Waals surface area (Å²) >= 11 is 3.37. The van der Waals surface area contributed by atoms with Gasteiger partial charge in [-0.2, -0.15) is 0 Å². The third-order valence-corrected chi connectivity index (χ3v) is 5.05. The largest absolute Gasteiger partial charge is 0.351 e. The summed E-state index contributed by atoms with van der Waals surface area (Å²) < 4.78 is 0. The second-order valence-electron chi connectivity index (χ2n) is 5.75. The molecular formula is C17H25BrN2O. The molecule has 0 spiro atoms. The lowest BCUT2D eigenvalue weighted by Gasteiger charge is -2.26. The van der Waals surface area contributed by atoms with E-state index in [4.69, 9.17) is 0 Å². The molecule has 1 aliphatic rings. The molecule has 1 unspecified atom stereocenters. The van der Waals surface area contributed by atoms with Crippen molar-refractivity contribution >= 4 is 21.8 Å². The highest BCUT2D eigenvalue weighted by molar-refractivity contribution is 9.10. The maximum absolute atomic E-state index is 11.7. The van der Waals surface area contributed by atoms with E-state index in [0.717, 1.165) is 18.5 Å². The molecule has 1 fully saturated rings. The summed E-state index contributed by atoms with van der Waals surface area (Å²) in [7, 11) is 0. The van der Waals surface area contributed by atoms with Crippen LogP contribution in [0.5, 0.6) is 0 Å². The molecule has 0 radical (unpaired) electrons. The molecule has 1 aliphatic heterocycles. The number of amides is 1. The monoisotopic (exact) mass is 352 g/mol. The Morgan fingerprint density at radius 2 is 1.81 bits per heavy atom. The fourth-order valence-electron chi connectivity index (χ4n) is 2.62. The zero-order valence-corrected chi connectivity index (χ0v) is 14.4. The number of carbonyl (C=O) groups excluding carboxylic acids is 1. The Morgan fingerprint density at radius 1 is 1.19 bits per heavy atom. The molecule has 1 saturated heterocycles. The number of rotatable bonds is 6. The molecule has 116 valence electrons. The van der Waals surface area contributed by atoms with Crippen molar-refractivity contribution < 1.29 is 4.79 Å². The number of hydrogen-bond acceptors (Lipinski definition) is 2. The lowest BCUT2D eigenvalue weighted by atomic mass is 10.1. The zero-order chi connectivity index (χ0) is 15.1. The lowest BCUT2D eigenvalue weighted by Crippen LogP contribution is -2.30. The van der Waals surface area contributed by atoms with E-state index >= 15 is 0 Å². The summed E-state index contributed by atoms with van der Waals surface area (Å²) in [5.74, 6) is 0.0647. The zero-order valence-electron chi connectivity index (χ0n) is 12.8. The Balaban J connectivity index is 1.80. The van der Waals surface area contributed by atoms with Crippen molar-refractivity contribution in [1.82, 2.24) is 10.2 Å². The van der Waals surface area contributed by atoms with E-state index in [2.05, 4.69) is 50.4 Å². The Kier molecular flexibility index (Phi) is 6.71. The number of nitrogens with zero attached hydrogens (tertiary/aromatic N) is 1. The minimum absolute atomic E-state index is 0.0647. The first kappa shape index (κ1) is 16.5. The predicted molar refractivity (Wildman–Crippen MR) is 90.4 cm³/mol. The number of carbonyl (C=O) groups is 1. The highest BCUT2D eigenvalue weighted by Crippen LogP contribution is 2.13. The van der Waals surface area contributed by atoms with Gasteiger partial charge in [-0.05, 0) is 43.5 Å². The van der Waals surface area contributed by atoms with E-state index in [1.54, 1.807) is 0 Å². The molecule has 1 aromatic carbocycles. The van der Waals surface area contributed by atoms with Gasteiger partial charge in [0.1, 0.15) is 0 Å². The van der Waals surface area contributed by atoms with Gasteiger partial charge in [0.15, 0.2) is 0 Å². The Hall–Kier alpha value is -0.870. The molecule has 3 nitrogen and oxygen atoms in total. The maximum atomic E-state index is 11.7. The van der Waals surface area contributed by atoms with Gasteiger partial charge < -0.3 is 5.32 Å². The number of halogens is 1. The summed E-state index contributed by atoms with van der Waals surface area (Å²) in [6, 6.07) is 8.60. The summed E-state index contributed by atoms with van der Waals surface area (Å²) in [6.45, 7) is 6.09. The van der Waals surface area contributed by atoms with Crippen LogP contribution in [0, 0.1) is 0 Å². The first-order valence-corrected chi connectivity index (χ1v) is 8.82. The SMILES string of the molecule is CCC(Br)C(=O)NCc1ccc(CN2CCCCC2)cc1. The highest BCUT2D eigenvalue weighted by atomic mass is 79.9. The third kappa shape index (κ3) is 5.44. The van der Waals surface area contributed by atoms with Crippen LogP contribution in [0.2, 0.25) is 0 Å². The van der Waals surface area contributed by atoms with E-state index < -0.39 is 0 Å². The van der Waals surface area contributed by atoms with E-state index in [0.29, 0.717) is 6.54 Å². The fraction of sp³-hybridized carbons (Fsp3) is 0.588. The van der Waals surface area contributed by atoms with Crippen LogP contribution in [0.15, 0.2) is 24.3 Å². The number of hydrogen-bond donors (Lipinski definition) is 1. The van der Waals surface area contributed by atoms with Crippen LogP contribution in [0.1, 0.15) is 43.7 Å². The van der Waals surface area contributed by atoms with Gasteiger partial charge in [-0.15, -0.1) is 0 Å². The molecular weight excluding hydrogens is 328 g/mol. The van der Waals surface area contributed by atoms with E-state index in [9.17, 15) is 4.79 Å². The van der Waals surface area contributed by atoms with Crippen molar-refractivity contribution in [2.45, 2.75) is 50.5 Å². The first-order chi connectivity index (χ1) is 10.2. The third-order valence-electron chi connectivity index (χ3n) is 3.99. The fourth-order valence-corrected chi connectivity index (χ4v) is 2.79. The number of benzene rings is 1. The number of piperidine rings is 1. The van der Waals surface area contributed by atoms with Gasteiger partial charge in [-0.3, -0.25) is 9.69 Å². The summed E-state index contributed by atoms with van der Waals surface area (Å²) in [4.78, 5) is 14.1. The summed E-state index contributed by atoms with van der Waals surface area (Å²) in [5.41, 5.74) is 2.51. The van der Waals surface area contributed by atoms with Crippen molar-refractivity contribution in [2.75, 3.05) is 13.1 Å². The van der Waals surface area contributed by atoms with Gasteiger partial charge in [-0.25, -0.2) is 0 Å². The standard InChI is InChI=1S/C17H25BrN2O/c1-2-16(18)17(21)19-12-14-6-8-15(9-7-14)13-20-10-4-3-5-11-20/h6-9,16H,2-5,10-13H2,1H3,(H,19,21). The Labute approximate surface area is 136 Å². The molecule has 2 rings (SSSR count). The average Bonchev–Trinajstić information content (AvgIpc) is 2.54. The molecule has 0 saturated carbocycles. The van der Waals surface area contributed by atoms with Crippen LogP contribution in [0.25, 0.3) is 0 Å². The Bertz CT molecular complexity index is 441. The van der Waals surface area contributed by atoms with Crippen LogP contribution in [0.3, 0.4) is 0 Å². The molecule has 1 amide bonds. The average molecular weight is 353 g/mol. The van der Waals surface area contributed by atoms with Gasteiger partial charge >= 0.3 is 0 Å². The molecule has 1 atom stereocenters. The van der Waals surface area contributed by atoms with Gasteiger partial charge in [0.2, 0.25) is 5.91 Å². The maximum Gasteiger partial charge on any atom is 0.234 e. The van der Waals surface area contributed by atoms with E-state index in [1.807, 2.05) is 6.92 Å². The van der Waals surface area contributed by atoms with Gasteiger partial charge in [-0.1, -0.05) is 53.5 Å². The quantitative estimate of drug-likeness (QED) is 0.795. The molecule has 1 N–H and O–H groups in total. The van der Waals surface area contributed by atoms with Crippen molar-refractivity contribution in [3.8, 4) is 0 Å². The minimum Gasteiger partial charge on any atom is -0.351 e. The smallest absolute Gasteiger partial charge is 0.234 e. The molecule has 1 aromatic rings. The molecule has 21 heavy (non-hydrogen) atoms. The molecule has 0 aromatic heterocycles. The molecule has 0 aliphatic carbocycles. The molecule has 1 heterocycles. The topological polar surface area (TPSA) is 32.3 Å². The van der Waals surface area contributed by atoms with Crippen molar-refractivity contribution in [1.29, 1.82) is 0 Å². The second kappa shape index (κ2) is 8.54. The number of likely N-dealkylation sites (tertiary alicyclic amines) is 1. The van der Waals surface area contributed by atoms with Crippen LogP contribution in [-0.2, 0) is 17.9 Å². The minimum atomic E-state index is -0.0872. The number of nitrogens with one attached hydrogen (secondary N) is 1. The highest BCUT2D eigenvalue weighted by Gasteiger charge is 2.12. The Morgan fingerprint density at radius 3 is 2.43 bits per heavy atom. The van der Waals surface area contributed by atoms with Crippen LogP contribution >= 0.6 is 15.9 Å². The summed E-state index contributed by atoms with van der Waals surface area (Å²) in [5, 5.41) is 2.95. The normalized spacial score (nSPS) is 17.4. The van der Waals surface area contributed by atoms with E-state index in [1.165, 1.54) is 37.9 Å². The van der Waals surface area contributed by atoms with Crippen LogP contribution in [0.4, 0.5) is 0 Å². The predicted octanol–water partition coefficient (Wildman–Crippen LogP) is 3.46. The molecule has 0 bridgehead atoms. The van der Waals surface area contributed by atoms with Crippen LogP contribution in [-0.4, -0.2) is 28.7 Å². The molecule has 4 heteroatoms. The number of alkyl halides is 1. The lowest BCUT2D eigenvalue weighted by molar-refractivity contribution is -0.120. The second-order valence-corrected chi connectivity index (χ2v) is 6.85. The van der Waals surface area contributed by atoms with Gasteiger partial charge in [0, 0.05) is 13.1 Å². The van der Waals surface area contributed by atoms with Gasteiger partial charge in [0.05, 0.1) is 4.83 Å².